The van der Waals surface area contributed by atoms with Crippen LogP contribution in [-0.4, -0.2) is 4.57 Å². The molecule has 2 aromatic heterocycles. The van der Waals surface area contributed by atoms with Crippen molar-refractivity contribution in [2.75, 3.05) is 0 Å². The molecule has 0 fully saturated rings. The number of fused-ring (bicyclic) bond motifs is 1. The smallest absolute Gasteiger partial charge is 0.221 e. The molecule has 32 heavy (non-hydrogen) atoms. The number of rotatable bonds is 3. The molecule has 0 radical (unpaired) electrons. The molecule has 0 saturated carbocycles. The summed E-state index contributed by atoms with van der Waals surface area (Å²) in [6, 6.07) is 32.5. The van der Waals surface area contributed by atoms with Crippen molar-refractivity contribution < 1.29 is 4.42 Å². The third-order valence-electron chi connectivity index (χ3n) is 5.41. The number of nitriles is 1. The van der Waals surface area contributed by atoms with Gasteiger partial charge in [-0.1, -0.05) is 66.7 Å². The Bertz CT molecular complexity index is 1610. The monoisotopic (exact) mass is 414 g/mol. The maximum absolute atomic E-state index is 9.95. The van der Waals surface area contributed by atoms with E-state index < -0.39 is 0 Å². The summed E-state index contributed by atoms with van der Waals surface area (Å²) < 4.78 is 7.50. The number of aromatic nitrogens is 1. The summed E-state index contributed by atoms with van der Waals surface area (Å²) in [5.41, 5.74) is 4.32. The summed E-state index contributed by atoms with van der Waals surface area (Å²) in [5, 5.41) is 28.3. The van der Waals surface area contributed by atoms with Crippen molar-refractivity contribution in [3.8, 4) is 34.1 Å². The average Bonchev–Trinajstić information content (AvgIpc) is 2.84. The van der Waals surface area contributed by atoms with E-state index in [-0.39, 0.29) is 16.6 Å². The van der Waals surface area contributed by atoms with Crippen molar-refractivity contribution in [2.24, 2.45) is 0 Å². The van der Waals surface area contributed by atoms with Crippen molar-refractivity contribution in [1.82, 2.24) is 4.57 Å². The number of nitrogens with one attached hydrogen (secondary N) is 2. The highest BCUT2D eigenvalue weighted by molar-refractivity contribution is 5.83. The van der Waals surface area contributed by atoms with E-state index >= 15 is 0 Å². The third-order valence-corrected chi connectivity index (χ3v) is 5.41. The second-order valence-corrected chi connectivity index (χ2v) is 7.34. The molecule has 5 rings (SSSR count). The van der Waals surface area contributed by atoms with Crippen LogP contribution in [0.2, 0.25) is 0 Å². The molecule has 5 aromatic rings. The molecule has 2 N–H and O–H groups in total. The van der Waals surface area contributed by atoms with E-state index in [1.807, 2.05) is 97.1 Å². The molecular formula is C27H18N4O. The first-order valence-electron chi connectivity index (χ1n) is 10.1. The molecule has 2 heterocycles. The van der Waals surface area contributed by atoms with Gasteiger partial charge in [-0.25, -0.2) is 0 Å². The van der Waals surface area contributed by atoms with Gasteiger partial charge in [-0.15, -0.1) is 0 Å². The number of pyridine rings is 1. The number of hydrogen-bond donors (Lipinski definition) is 2. The predicted molar refractivity (Wildman–Crippen MR) is 123 cm³/mol. The average molecular weight is 414 g/mol. The summed E-state index contributed by atoms with van der Waals surface area (Å²) in [6.07, 6.45) is 0. The predicted octanol–water partition coefficient (Wildman–Crippen LogP) is 5.39. The molecule has 0 aliphatic rings. The van der Waals surface area contributed by atoms with Crippen molar-refractivity contribution in [2.45, 2.75) is 0 Å². The van der Waals surface area contributed by atoms with Crippen molar-refractivity contribution in [3.63, 3.8) is 0 Å². The van der Waals surface area contributed by atoms with Crippen LogP contribution < -0.4 is 11.0 Å². The molecule has 0 bridgehead atoms. The van der Waals surface area contributed by atoms with Crippen LogP contribution in [0.3, 0.4) is 0 Å². The summed E-state index contributed by atoms with van der Waals surface area (Å²) in [7, 11) is 0. The van der Waals surface area contributed by atoms with Crippen LogP contribution in [0.25, 0.3) is 39.0 Å². The molecule has 0 aliphatic carbocycles. The lowest BCUT2D eigenvalue weighted by atomic mass is 9.98. The lowest BCUT2D eigenvalue weighted by Crippen LogP contribution is -2.25. The Balaban J connectivity index is 1.93. The van der Waals surface area contributed by atoms with Crippen molar-refractivity contribution in [1.29, 1.82) is 16.1 Å². The highest BCUT2D eigenvalue weighted by Gasteiger charge is 2.18. The summed E-state index contributed by atoms with van der Waals surface area (Å²) in [4.78, 5) is 0. The van der Waals surface area contributed by atoms with Crippen molar-refractivity contribution in [3.05, 3.63) is 114 Å². The Morgan fingerprint density at radius 1 is 0.750 bits per heavy atom. The van der Waals surface area contributed by atoms with Gasteiger partial charge < -0.3 is 4.42 Å². The normalized spacial score (nSPS) is 10.7. The van der Waals surface area contributed by atoms with Crippen LogP contribution in [-0.2, 0) is 0 Å². The van der Waals surface area contributed by atoms with Gasteiger partial charge in [0.1, 0.15) is 22.7 Å². The highest BCUT2D eigenvalue weighted by atomic mass is 16.3. The quantitative estimate of drug-likeness (QED) is 0.415. The molecule has 0 amide bonds. The number of para-hydroxylation sites is 2. The fourth-order valence-corrected chi connectivity index (χ4v) is 3.90. The van der Waals surface area contributed by atoms with Gasteiger partial charge in [0.05, 0.1) is 11.3 Å². The summed E-state index contributed by atoms with van der Waals surface area (Å²) in [6.45, 7) is 0. The SMILES string of the molecule is N#Cc1c(-c2ccccc2)cc(-c2cc3ccccc3oc2=N)n(-c2ccccc2)c1=N. The second kappa shape index (κ2) is 7.86. The first-order valence-corrected chi connectivity index (χ1v) is 10.1. The Kier molecular flexibility index (Phi) is 4.74. The van der Waals surface area contributed by atoms with E-state index in [0.717, 1.165) is 16.6 Å². The maximum Gasteiger partial charge on any atom is 0.221 e. The zero-order valence-corrected chi connectivity index (χ0v) is 17.0. The Hall–Kier alpha value is -4.69. The van der Waals surface area contributed by atoms with Crippen LogP contribution in [0, 0.1) is 22.1 Å². The topological polar surface area (TPSA) is 89.6 Å². The second-order valence-electron chi connectivity index (χ2n) is 7.34. The molecule has 3 aromatic carbocycles. The van der Waals surface area contributed by atoms with E-state index in [4.69, 9.17) is 15.2 Å². The van der Waals surface area contributed by atoms with E-state index in [0.29, 0.717) is 22.4 Å². The standard InChI is InChI=1S/C27H18N4O/c28-17-23-21(18-9-3-1-4-10-18)16-24(31(26(23)29)20-12-5-2-6-13-20)22-15-19-11-7-8-14-25(19)32-27(22)30/h1-16,29-30H. The molecular weight excluding hydrogens is 396 g/mol. The lowest BCUT2D eigenvalue weighted by Gasteiger charge is -2.18. The molecule has 0 aliphatic heterocycles. The minimum atomic E-state index is -0.00324. The first kappa shape index (κ1) is 19.3. The highest BCUT2D eigenvalue weighted by Crippen LogP contribution is 2.29. The Labute approximate surface area is 184 Å². The number of nitrogens with zero attached hydrogens (tertiary/aromatic N) is 2. The first-order chi connectivity index (χ1) is 15.7. The Morgan fingerprint density at radius 3 is 2.12 bits per heavy atom. The van der Waals surface area contributed by atoms with Gasteiger partial charge in [-0.2, -0.15) is 5.26 Å². The lowest BCUT2D eigenvalue weighted by molar-refractivity contribution is 0.535. The van der Waals surface area contributed by atoms with Crippen molar-refractivity contribution >= 4 is 11.0 Å². The maximum atomic E-state index is 9.95. The fraction of sp³-hybridized carbons (Fsp3) is 0. The van der Waals surface area contributed by atoms with Crippen LogP contribution >= 0.6 is 0 Å². The Morgan fingerprint density at radius 2 is 1.41 bits per heavy atom. The molecule has 5 nitrogen and oxygen atoms in total. The third kappa shape index (κ3) is 3.21. The zero-order chi connectivity index (χ0) is 22.1. The number of benzene rings is 3. The molecule has 0 saturated heterocycles. The molecule has 5 heteroatoms. The minimum absolute atomic E-state index is 0.00324. The van der Waals surface area contributed by atoms with E-state index in [9.17, 15) is 5.26 Å². The van der Waals surface area contributed by atoms with E-state index in [1.54, 1.807) is 4.57 Å². The molecule has 0 unspecified atom stereocenters. The van der Waals surface area contributed by atoms with Gasteiger partial charge in [-0.05, 0) is 35.9 Å². The van der Waals surface area contributed by atoms with Crippen LogP contribution in [0.15, 0.2) is 101 Å². The minimum Gasteiger partial charge on any atom is -0.438 e. The van der Waals surface area contributed by atoms with Gasteiger partial charge >= 0.3 is 0 Å². The van der Waals surface area contributed by atoms with E-state index in [2.05, 4.69) is 6.07 Å². The molecule has 152 valence electrons. The van der Waals surface area contributed by atoms with Gasteiger partial charge in [0.2, 0.25) is 5.55 Å². The van der Waals surface area contributed by atoms with Gasteiger partial charge in [-0.3, -0.25) is 15.4 Å². The zero-order valence-electron chi connectivity index (χ0n) is 17.0. The summed E-state index contributed by atoms with van der Waals surface area (Å²) in [5.74, 6) is 0. The molecule has 0 spiro atoms. The number of hydrogen-bond acceptors (Lipinski definition) is 4. The van der Waals surface area contributed by atoms with Crippen LogP contribution in [0.4, 0.5) is 0 Å². The largest absolute Gasteiger partial charge is 0.438 e. The van der Waals surface area contributed by atoms with Crippen LogP contribution in [0.1, 0.15) is 5.56 Å². The van der Waals surface area contributed by atoms with E-state index in [1.165, 1.54) is 0 Å². The summed E-state index contributed by atoms with van der Waals surface area (Å²) >= 11 is 0. The van der Waals surface area contributed by atoms with Gasteiger partial charge in [0.15, 0.2) is 0 Å². The van der Waals surface area contributed by atoms with Gasteiger partial charge in [0.25, 0.3) is 0 Å². The molecule has 0 atom stereocenters. The van der Waals surface area contributed by atoms with Crippen LogP contribution in [0.5, 0.6) is 0 Å². The fourth-order valence-electron chi connectivity index (χ4n) is 3.90. The van der Waals surface area contributed by atoms with Gasteiger partial charge in [0, 0.05) is 16.6 Å².